The summed E-state index contributed by atoms with van der Waals surface area (Å²) in [4.78, 5) is 32.7. The Bertz CT molecular complexity index is 1290. The van der Waals surface area contributed by atoms with Gasteiger partial charge in [0.1, 0.15) is 22.8 Å². The number of nitrogens with zero attached hydrogens (tertiary/aromatic N) is 2. The molecule has 0 saturated carbocycles. The number of carbonyl (C=O) groups excluding carboxylic acids is 2. The van der Waals surface area contributed by atoms with Gasteiger partial charge in [-0.1, -0.05) is 20.8 Å². The van der Waals surface area contributed by atoms with E-state index < -0.39 is 29.3 Å². The lowest BCUT2D eigenvalue weighted by Gasteiger charge is -2.20. The number of nitrogens with one attached hydrogen (secondary N) is 1. The molecular formula is C24H23F3N4O5. The third kappa shape index (κ3) is 6.62. The standard InChI is InChI=1S/C24H23F3N4O5/c1-23(2,3)20-11-18(35-17-6-5-14(10-19(17)34-4)36-24(25,26)27)15(12-30-20)22(33)31-13-7-8-29-16(9-13)21(28)32/h5-12H,1-4H3,(H2,28,32)(H,29,31,33). The van der Waals surface area contributed by atoms with E-state index in [-0.39, 0.29) is 34.2 Å². The Balaban J connectivity index is 1.99. The normalized spacial score (nSPS) is 11.5. The zero-order valence-corrected chi connectivity index (χ0v) is 19.8. The van der Waals surface area contributed by atoms with Crippen LogP contribution < -0.4 is 25.3 Å². The number of halogens is 3. The minimum absolute atomic E-state index is 0.0121. The highest BCUT2D eigenvalue weighted by atomic mass is 19.4. The molecule has 2 aromatic heterocycles. The monoisotopic (exact) mass is 504 g/mol. The van der Waals surface area contributed by atoms with Crippen molar-refractivity contribution in [3.63, 3.8) is 0 Å². The zero-order chi connectivity index (χ0) is 26.7. The molecule has 12 heteroatoms. The lowest BCUT2D eigenvalue weighted by atomic mass is 9.91. The topological polar surface area (TPSA) is 126 Å². The Kier molecular flexibility index (Phi) is 7.37. The number of amides is 2. The van der Waals surface area contributed by atoms with Crippen LogP contribution >= 0.6 is 0 Å². The average molecular weight is 504 g/mol. The van der Waals surface area contributed by atoms with Crippen LogP contribution in [-0.4, -0.2) is 35.3 Å². The van der Waals surface area contributed by atoms with Gasteiger partial charge >= 0.3 is 6.36 Å². The van der Waals surface area contributed by atoms with Crippen LogP contribution in [0.2, 0.25) is 0 Å². The number of benzene rings is 1. The summed E-state index contributed by atoms with van der Waals surface area (Å²) in [6.07, 6.45) is -2.26. The molecule has 9 nitrogen and oxygen atoms in total. The summed E-state index contributed by atoms with van der Waals surface area (Å²) in [5, 5.41) is 2.62. The molecular weight excluding hydrogens is 481 g/mol. The fraction of sp³-hybridized carbons (Fsp3) is 0.250. The molecule has 2 heterocycles. The maximum absolute atomic E-state index is 13.1. The van der Waals surface area contributed by atoms with Gasteiger partial charge in [-0.2, -0.15) is 0 Å². The van der Waals surface area contributed by atoms with Crippen molar-refractivity contribution in [2.45, 2.75) is 32.5 Å². The first-order valence-corrected chi connectivity index (χ1v) is 10.5. The second-order valence-electron chi connectivity index (χ2n) is 8.53. The Hall–Kier alpha value is -4.35. The van der Waals surface area contributed by atoms with E-state index in [1.165, 1.54) is 37.7 Å². The number of primary amides is 1. The molecule has 1 aromatic carbocycles. The van der Waals surface area contributed by atoms with Crippen LogP contribution in [0.1, 0.15) is 47.3 Å². The second kappa shape index (κ2) is 10.1. The van der Waals surface area contributed by atoms with Crippen LogP contribution in [0.4, 0.5) is 18.9 Å². The number of alkyl halides is 3. The number of ether oxygens (including phenoxy) is 3. The molecule has 0 radical (unpaired) electrons. The van der Waals surface area contributed by atoms with Gasteiger partial charge in [-0.3, -0.25) is 19.6 Å². The summed E-state index contributed by atoms with van der Waals surface area (Å²) in [7, 11) is 1.25. The minimum atomic E-state index is -4.88. The third-order valence-corrected chi connectivity index (χ3v) is 4.74. The van der Waals surface area contributed by atoms with Crippen molar-refractivity contribution < 1.29 is 37.0 Å². The third-order valence-electron chi connectivity index (χ3n) is 4.74. The first kappa shape index (κ1) is 26.3. The van der Waals surface area contributed by atoms with Crippen molar-refractivity contribution in [3.8, 4) is 23.0 Å². The number of aromatic nitrogens is 2. The van der Waals surface area contributed by atoms with E-state index in [1.54, 1.807) is 6.07 Å². The Morgan fingerprint density at radius 3 is 2.31 bits per heavy atom. The highest BCUT2D eigenvalue weighted by molar-refractivity contribution is 6.06. The number of nitrogens with two attached hydrogens (primary N) is 1. The number of hydrogen-bond acceptors (Lipinski definition) is 7. The summed E-state index contributed by atoms with van der Waals surface area (Å²) in [6.45, 7) is 5.72. The first-order valence-electron chi connectivity index (χ1n) is 10.5. The summed E-state index contributed by atoms with van der Waals surface area (Å²) in [5.74, 6) is -1.85. The minimum Gasteiger partial charge on any atom is -0.493 e. The van der Waals surface area contributed by atoms with E-state index in [2.05, 4.69) is 20.0 Å². The lowest BCUT2D eigenvalue weighted by Crippen LogP contribution is -2.18. The van der Waals surface area contributed by atoms with Gasteiger partial charge in [-0.25, -0.2) is 0 Å². The number of carbonyl (C=O) groups is 2. The molecule has 36 heavy (non-hydrogen) atoms. The molecule has 3 aromatic rings. The van der Waals surface area contributed by atoms with E-state index >= 15 is 0 Å². The fourth-order valence-corrected chi connectivity index (χ4v) is 2.99. The summed E-state index contributed by atoms with van der Waals surface area (Å²) in [6, 6.07) is 7.61. The Morgan fingerprint density at radius 2 is 1.69 bits per heavy atom. The average Bonchev–Trinajstić information content (AvgIpc) is 2.78. The number of methoxy groups -OCH3 is 1. The Morgan fingerprint density at radius 1 is 0.972 bits per heavy atom. The number of hydrogen-bond donors (Lipinski definition) is 2. The number of pyridine rings is 2. The molecule has 0 bridgehead atoms. The highest BCUT2D eigenvalue weighted by Crippen LogP contribution is 2.38. The molecule has 0 saturated heterocycles. The molecule has 2 amide bonds. The van der Waals surface area contributed by atoms with Crippen LogP contribution in [0.15, 0.2) is 48.8 Å². The van der Waals surface area contributed by atoms with Gasteiger partial charge in [0.05, 0.1) is 7.11 Å². The van der Waals surface area contributed by atoms with Gasteiger partial charge in [0.2, 0.25) is 0 Å². The second-order valence-corrected chi connectivity index (χ2v) is 8.53. The van der Waals surface area contributed by atoms with E-state index in [0.29, 0.717) is 5.69 Å². The SMILES string of the molecule is COc1cc(OC(F)(F)F)ccc1Oc1cc(C(C)(C)C)ncc1C(=O)Nc1ccnc(C(N)=O)c1. The van der Waals surface area contributed by atoms with Crippen molar-refractivity contribution >= 4 is 17.5 Å². The summed E-state index contributed by atoms with van der Waals surface area (Å²) in [5.41, 5.74) is 5.63. The summed E-state index contributed by atoms with van der Waals surface area (Å²) >= 11 is 0. The van der Waals surface area contributed by atoms with Crippen LogP contribution in [0.3, 0.4) is 0 Å². The predicted octanol–water partition coefficient (Wildman–Crippen LogP) is 4.82. The fourth-order valence-electron chi connectivity index (χ4n) is 2.99. The number of rotatable bonds is 7. The van der Waals surface area contributed by atoms with Gasteiger partial charge in [-0.05, 0) is 24.3 Å². The first-order chi connectivity index (χ1) is 16.8. The molecule has 0 aliphatic carbocycles. The molecule has 190 valence electrons. The van der Waals surface area contributed by atoms with Crippen LogP contribution in [0.5, 0.6) is 23.0 Å². The van der Waals surface area contributed by atoms with Crippen molar-refractivity contribution in [1.82, 2.24) is 9.97 Å². The van der Waals surface area contributed by atoms with Crippen LogP contribution in [-0.2, 0) is 5.41 Å². The maximum atomic E-state index is 13.1. The van der Waals surface area contributed by atoms with Gasteiger partial charge in [0, 0.05) is 41.3 Å². The van der Waals surface area contributed by atoms with Gasteiger partial charge in [0.15, 0.2) is 11.5 Å². The maximum Gasteiger partial charge on any atom is 0.573 e. The molecule has 0 unspecified atom stereocenters. The van der Waals surface area contributed by atoms with Crippen molar-refractivity contribution in [1.29, 1.82) is 0 Å². The van der Waals surface area contributed by atoms with Crippen molar-refractivity contribution in [2.75, 3.05) is 12.4 Å². The van der Waals surface area contributed by atoms with Gasteiger partial charge in [-0.15, -0.1) is 13.2 Å². The molecule has 0 atom stereocenters. The summed E-state index contributed by atoms with van der Waals surface area (Å²) < 4.78 is 52.8. The zero-order valence-electron chi connectivity index (χ0n) is 19.8. The number of anilines is 1. The van der Waals surface area contributed by atoms with Gasteiger partial charge in [0.25, 0.3) is 11.8 Å². The van der Waals surface area contributed by atoms with E-state index in [4.69, 9.17) is 15.2 Å². The molecule has 0 spiro atoms. The van der Waals surface area contributed by atoms with E-state index in [1.807, 2.05) is 20.8 Å². The van der Waals surface area contributed by atoms with Crippen molar-refractivity contribution in [3.05, 3.63) is 65.7 Å². The Labute approximate surface area is 204 Å². The quantitative estimate of drug-likeness (QED) is 0.472. The smallest absolute Gasteiger partial charge is 0.493 e. The van der Waals surface area contributed by atoms with E-state index in [0.717, 1.165) is 12.1 Å². The lowest BCUT2D eigenvalue weighted by molar-refractivity contribution is -0.274. The van der Waals surface area contributed by atoms with Crippen LogP contribution in [0.25, 0.3) is 0 Å². The molecule has 3 rings (SSSR count). The largest absolute Gasteiger partial charge is 0.573 e. The predicted molar refractivity (Wildman–Crippen MR) is 123 cm³/mol. The molecule has 0 aliphatic heterocycles. The molecule has 3 N–H and O–H groups in total. The molecule has 0 aliphatic rings. The van der Waals surface area contributed by atoms with Crippen LogP contribution in [0, 0.1) is 0 Å². The van der Waals surface area contributed by atoms with E-state index in [9.17, 15) is 22.8 Å². The highest BCUT2D eigenvalue weighted by Gasteiger charge is 2.31. The van der Waals surface area contributed by atoms with Crippen molar-refractivity contribution in [2.24, 2.45) is 5.73 Å². The molecule has 0 fully saturated rings. The van der Waals surface area contributed by atoms with Gasteiger partial charge < -0.3 is 25.3 Å².